The number of benzene rings is 1. The van der Waals surface area contributed by atoms with Crippen LogP contribution in [-0.2, 0) is 6.42 Å². The van der Waals surface area contributed by atoms with E-state index < -0.39 is 0 Å². The SMILES string of the molecule is CC.CC.CCc1cc2cc[nH]c2cc1C. The van der Waals surface area contributed by atoms with Crippen LogP contribution in [-0.4, -0.2) is 4.98 Å². The molecule has 1 N–H and O–H groups in total. The van der Waals surface area contributed by atoms with E-state index in [1.54, 1.807) is 0 Å². The Balaban J connectivity index is 0.000000509. The summed E-state index contributed by atoms with van der Waals surface area (Å²) in [4.78, 5) is 3.21. The van der Waals surface area contributed by atoms with E-state index in [0.717, 1.165) is 6.42 Å². The second-order valence-corrected chi connectivity index (χ2v) is 3.20. The minimum absolute atomic E-state index is 1.12. The monoisotopic (exact) mass is 219 g/mol. The van der Waals surface area contributed by atoms with Crippen LogP contribution in [0.5, 0.6) is 0 Å². The van der Waals surface area contributed by atoms with Crippen molar-refractivity contribution in [1.82, 2.24) is 4.98 Å². The average molecular weight is 219 g/mol. The summed E-state index contributed by atoms with van der Waals surface area (Å²) in [7, 11) is 0. The van der Waals surface area contributed by atoms with Gasteiger partial charge in [-0.05, 0) is 48.1 Å². The lowest BCUT2D eigenvalue weighted by Gasteiger charge is -2.02. The van der Waals surface area contributed by atoms with Crippen LogP contribution < -0.4 is 0 Å². The van der Waals surface area contributed by atoms with Crippen molar-refractivity contribution in [3.8, 4) is 0 Å². The third kappa shape index (κ3) is 3.41. The maximum absolute atomic E-state index is 3.21. The molecule has 1 heteroatoms. The fraction of sp³-hybridized carbons (Fsp3) is 0.467. The van der Waals surface area contributed by atoms with E-state index >= 15 is 0 Å². The molecule has 1 aromatic heterocycles. The fourth-order valence-corrected chi connectivity index (χ4v) is 1.64. The van der Waals surface area contributed by atoms with Crippen LogP contribution in [0.2, 0.25) is 0 Å². The number of nitrogens with one attached hydrogen (secondary N) is 1. The molecular formula is C15H25N. The summed E-state index contributed by atoms with van der Waals surface area (Å²) in [5.74, 6) is 0. The minimum atomic E-state index is 1.12. The Morgan fingerprint density at radius 3 is 2.25 bits per heavy atom. The van der Waals surface area contributed by atoms with Crippen LogP contribution in [0.4, 0.5) is 0 Å². The lowest BCUT2D eigenvalue weighted by Crippen LogP contribution is -1.85. The van der Waals surface area contributed by atoms with Gasteiger partial charge in [0.15, 0.2) is 0 Å². The highest BCUT2D eigenvalue weighted by molar-refractivity contribution is 5.80. The number of hydrogen-bond acceptors (Lipinski definition) is 0. The van der Waals surface area contributed by atoms with Crippen LogP contribution >= 0.6 is 0 Å². The van der Waals surface area contributed by atoms with Gasteiger partial charge < -0.3 is 4.98 Å². The molecule has 16 heavy (non-hydrogen) atoms. The van der Waals surface area contributed by atoms with Gasteiger partial charge in [-0.3, -0.25) is 0 Å². The highest BCUT2D eigenvalue weighted by Gasteiger charge is 1.99. The van der Waals surface area contributed by atoms with Crippen molar-refractivity contribution in [1.29, 1.82) is 0 Å². The van der Waals surface area contributed by atoms with Gasteiger partial charge in [0.1, 0.15) is 0 Å². The van der Waals surface area contributed by atoms with Gasteiger partial charge in [-0.15, -0.1) is 0 Å². The quantitative estimate of drug-likeness (QED) is 0.687. The van der Waals surface area contributed by atoms with Crippen LogP contribution in [0.25, 0.3) is 10.9 Å². The first-order valence-electron chi connectivity index (χ1n) is 6.38. The normalized spacial score (nSPS) is 8.88. The molecule has 90 valence electrons. The predicted molar refractivity (Wildman–Crippen MR) is 75.1 cm³/mol. The number of aromatic nitrogens is 1. The smallest absolute Gasteiger partial charge is 0.0456 e. The molecule has 0 spiro atoms. The van der Waals surface area contributed by atoms with Crippen LogP contribution in [0.15, 0.2) is 24.4 Å². The van der Waals surface area contributed by atoms with E-state index in [1.165, 1.54) is 22.0 Å². The van der Waals surface area contributed by atoms with Gasteiger partial charge in [-0.2, -0.15) is 0 Å². The van der Waals surface area contributed by atoms with Crippen molar-refractivity contribution in [2.24, 2.45) is 0 Å². The Morgan fingerprint density at radius 1 is 1.06 bits per heavy atom. The zero-order valence-corrected chi connectivity index (χ0v) is 11.5. The van der Waals surface area contributed by atoms with E-state index in [1.807, 2.05) is 33.9 Å². The highest BCUT2D eigenvalue weighted by Crippen LogP contribution is 2.18. The van der Waals surface area contributed by atoms with Crippen LogP contribution in [0, 0.1) is 6.92 Å². The molecule has 0 aliphatic rings. The first kappa shape index (κ1) is 14.8. The summed E-state index contributed by atoms with van der Waals surface area (Å²) in [5, 5.41) is 1.32. The number of hydrogen-bond donors (Lipinski definition) is 1. The van der Waals surface area contributed by atoms with Crippen molar-refractivity contribution in [3.05, 3.63) is 35.5 Å². The van der Waals surface area contributed by atoms with Crippen molar-refractivity contribution in [2.45, 2.75) is 48.0 Å². The topological polar surface area (TPSA) is 15.8 Å². The van der Waals surface area contributed by atoms with Crippen LogP contribution in [0.1, 0.15) is 45.7 Å². The maximum Gasteiger partial charge on any atom is 0.0456 e. The second-order valence-electron chi connectivity index (χ2n) is 3.20. The van der Waals surface area contributed by atoms with Crippen molar-refractivity contribution in [3.63, 3.8) is 0 Å². The molecule has 1 nitrogen and oxygen atoms in total. The molecule has 2 aromatic rings. The van der Waals surface area contributed by atoms with Gasteiger partial charge in [-0.25, -0.2) is 0 Å². The highest BCUT2D eigenvalue weighted by atomic mass is 14.7. The molecule has 0 amide bonds. The average Bonchev–Trinajstić information content (AvgIpc) is 2.80. The lowest BCUT2D eigenvalue weighted by molar-refractivity contribution is 1.12. The predicted octanol–water partition coefficient (Wildman–Crippen LogP) is 5.09. The lowest BCUT2D eigenvalue weighted by atomic mass is 10.0. The molecular weight excluding hydrogens is 194 g/mol. The molecule has 1 aromatic carbocycles. The third-order valence-electron chi connectivity index (χ3n) is 2.39. The largest absolute Gasteiger partial charge is 0.361 e. The Bertz CT molecular complexity index is 399. The van der Waals surface area contributed by atoms with E-state index in [9.17, 15) is 0 Å². The van der Waals surface area contributed by atoms with E-state index in [2.05, 4.69) is 37.0 Å². The number of H-pyrrole nitrogens is 1. The molecule has 0 saturated heterocycles. The number of aromatic amines is 1. The maximum atomic E-state index is 3.21. The summed E-state index contributed by atoms with van der Waals surface area (Å²) >= 11 is 0. The molecule has 0 unspecified atom stereocenters. The molecule has 1 heterocycles. The molecule has 2 rings (SSSR count). The number of aryl methyl sites for hydroxylation is 2. The fourth-order valence-electron chi connectivity index (χ4n) is 1.64. The standard InChI is InChI=1S/C11H13N.2C2H6/c1-3-9-7-10-4-5-12-11(10)6-8(9)2;2*1-2/h4-7,12H,3H2,1-2H3;2*1-2H3. The summed E-state index contributed by atoms with van der Waals surface area (Å²) in [6.45, 7) is 12.4. The van der Waals surface area contributed by atoms with Gasteiger partial charge in [0.25, 0.3) is 0 Å². The van der Waals surface area contributed by atoms with Gasteiger partial charge in [-0.1, -0.05) is 34.6 Å². The van der Waals surface area contributed by atoms with Crippen molar-refractivity contribution >= 4 is 10.9 Å². The number of rotatable bonds is 1. The molecule has 0 aliphatic heterocycles. The third-order valence-corrected chi connectivity index (χ3v) is 2.39. The molecule has 0 fully saturated rings. The summed E-state index contributed by atoms with van der Waals surface area (Å²) in [5.41, 5.74) is 4.07. The Morgan fingerprint density at radius 2 is 1.69 bits per heavy atom. The molecule has 0 saturated carbocycles. The van der Waals surface area contributed by atoms with Gasteiger partial charge >= 0.3 is 0 Å². The Hall–Kier alpha value is -1.24. The van der Waals surface area contributed by atoms with Crippen molar-refractivity contribution in [2.75, 3.05) is 0 Å². The molecule has 0 atom stereocenters. The van der Waals surface area contributed by atoms with E-state index in [4.69, 9.17) is 0 Å². The Labute approximate surface area is 99.9 Å². The zero-order chi connectivity index (χ0) is 12.6. The molecule has 0 aliphatic carbocycles. The summed E-state index contributed by atoms with van der Waals surface area (Å²) in [6.07, 6.45) is 3.11. The van der Waals surface area contributed by atoms with E-state index in [-0.39, 0.29) is 0 Å². The molecule has 0 bridgehead atoms. The summed E-state index contributed by atoms with van der Waals surface area (Å²) < 4.78 is 0. The van der Waals surface area contributed by atoms with Gasteiger partial charge in [0.2, 0.25) is 0 Å². The zero-order valence-electron chi connectivity index (χ0n) is 11.5. The van der Waals surface area contributed by atoms with Gasteiger partial charge in [0, 0.05) is 11.7 Å². The van der Waals surface area contributed by atoms with Crippen LogP contribution in [0.3, 0.4) is 0 Å². The first-order valence-corrected chi connectivity index (χ1v) is 6.38. The number of fused-ring (bicyclic) bond motifs is 1. The van der Waals surface area contributed by atoms with E-state index in [0.29, 0.717) is 0 Å². The Kier molecular flexibility index (Phi) is 7.36. The van der Waals surface area contributed by atoms with Gasteiger partial charge in [0.05, 0.1) is 0 Å². The first-order chi connectivity index (χ1) is 7.81. The van der Waals surface area contributed by atoms with Crippen molar-refractivity contribution < 1.29 is 0 Å². The summed E-state index contributed by atoms with van der Waals surface area (Å²) in [6, 6.07) is 6.60. The minimum Gasteiger partial charge on any atom is -0.361 e. The second kappa shape index (κ2) is 7.98. The molecule has 0 radical (unpaired) electrons.